The van der Waals surface area contributed by atoms with E-state index in [0.717, 1.165) is 12.8 Å². The van der Waals surface area contributed by atoms with Gasteiger partial charge in [0.2, 0.25) is 0 Å². The quantitative estimate of drug-likeness (QED) is 0.886. The predicted molar refractivity (Wildman–Crippen MR) is 67.5 cm³/mol. The third-order valence-electron chi connectivity index (χ3n) is 3.65. The molecule has 0 unspecified atom stereocenters. The van der Waals surface area contributed by atoms with Crippen LogP contribution in [0.4, 0.5) is 0 Å². The summed E-state index contributed by atoms with van der Waals surface area (Å²) in [6, 6.07) is 2.88. The molecule has 1 aromatic carbocycles. The smallest absolute Gasteiger partial charge is 0.314 e. The van der Waals surface area contributed by atoms with E-state index in [2.05, 4.69) is 0 Å². The highest BCUT2D eigenvalue weighted by Crippen LogP contribution is 2.47. The zero-order valence-electron chi connectivity index (χ0n) is 10.1. The average molecular weight is 271 g/mol. The Kier molecular flexibility index (Phi) is 3.39. The first-order valence-electron chi connectivity index (χ1n) is 5.81. The third kappa shape index (κ3) is 1.90. The van der Waals surface area contributed by atoms with Crippen LogP contribution < -0.4 is 4.74 Å². The van der Waals surface area contributed by atoms with Gasteiger partial charge in [-0.1, -0.05) is 24.4 Å². The third-order valence-corrected chi connectivity index (χ3v) is 3.95. The summed E-state index contributed by atoms with van der Waals surface area (Å²) in [6.07, 6.45) is 2.74. The van der Waals surface area contributed by atoms with Crippen molar-refractivity contribution in [3.05, 3.63) is 22.7 Å². The average Bonchev–Trinajstić information content (AvgIpc) is 2.79. The Morgan fingerprint density at radius 3 is 2.50 bits per heavy atom. The zero-order valence-corrected chi connectivity index (χ0v) is 10.8. The van der Waals surface area contributed by atoms with Crippen LogP contribution in [-0.2, 0) is 10.2 Å². The van der Waals surface area contributed by atoms with E-state index in [1.54, 1.807) is 0 Å². The molecule has 98 valence electrons. The number of phenolic OH excluding ortho intramolecular Hbond substituents is 1. The van der Waals surface area contributed by atoms with Gasteiger partial charge < -0.3 is 14.9 Å². The maximum absolute atomic E-state index is 11.6. The van der Waals surface area contributed by atoms with Crippen molar-refractivity contribution < 1.29 is 19.7 Å². The lowest BCUT2D eigenvalue weighted by Crippen LogP contribution is -2.32. The maximum Gasteiger partial charge on any atom is 0.314 e. The Labute approximate surface area is 110 Å². The normalized spacial score (nSPS) is 17.7. The fourth-order valence-corrected chi connectivity index (χ4v) is 2.89. The van der Waals surface area contributed by atoms with Crippen molar-refractivity contribution in [2.24, 2.45) is 0 Å². The highest BCUT2D eigenvalue weighted by Gasteiger charge is 2.45. The minimum atomic E-state index is -1.01. The molecule has 1 saturated carbocycles. The Bertz CT molecular complexity index is 478. The van der Waals surface area contributed by atoms with Crippen molar-refractivity contribution in [2.45, 2.75) is 31.1 Å². The number of carbonyl (C=O) groups is 1. The van der Waals surface area contributed by atoms with Crippen molar-refractivity contribution >= 4 is 17.6 Å². The number of hydrogen-bond acceptors (Lipinski definition) is 3. The number of benzene rings is 1. The number of aliphatic carboxylic acids is 1. The molecule has 0 aliphatic heterocycles. The topological polar surface area (TPSA) is 66.8 Å². The predicted octanol–water partition coefficient (Wildman–Crippen LogP) is 2.95. The van der Waals surface area contributed by atoms with E-state index in [0.29, 0.717) is 24.2 Å². The van der Waals surface area contributed by atoms with E-state index in [9.17, 15) is 15.0 Å². The van der Waals surface area contributed by atoms with Crippen LogP contribution >= 0.6 is 11.6 Å². The highest BCUT2D eigenvalue weighted by atomic mass is 35.5. The first-order valence-corrected chi connectivity index (χ1v) is 6.19. The van der Waals surface area contributed by atoms with Gasteiger partial charge in [0.1, 0.15) is 11.5 Å². The summed E-state index contributed by atoms with van der Waals surface area (Å²) in [4.78, 5) is 11.6. The monoisotopic (exact) mass is 270 g/mol. The van der Waals surface area contributed by atoms with Gasteiger partial charge in [0.25, 0.3) is 0 Å². The molecule has 0 aromatic heterocycles. The van der Waals surface area contributed by atoms with Crippen LogP contribution in [0.1, 0.15) is 31.2 Å². The summed E-state index contributed by atoms with van der Waals surface area (Å²) in [7, 11) is 1.46. The van der Waals surface area contributed by atoms with Crippen LogP contribution in [0.25, 0.3) is 0 Å². The van der Waals surface area contributed by atoms with Gasteiger partial charge in [0.05, 0.1) is 17.5 Å². The number of aromatic hydroxyl groups is 1. The van der Waals surface area contributed by atoms with E-state index < -0.39 is 11.4 Å². The molecular formula is C13H15ClO4. The Morgan fingerprint density at radius 1 is 1.39 bits per heavy atom. The van der Waals surface area contributed by atoms with Gasteiger partial charge in [-0.05, 0) is 18.9 Å². The van der Waals surface area contributed by atoms with Gasteiger partial charge >= 0.3 is 5.97 Å². The van der Waals surface area contributed by atoms with E-state index in [4.69, 9.17) is 16.3 Å². The second kappa shape index (κ2) is 4.69. The van der Waals surface area contributed by atoms with E-state index in [1.807, 2.05) is 0 Å². The largest absolute Gasteiger partial charge is 0.508 e. The molecule has 0 radical (unpaired) electrons. The SMILES string of the molecule is COc1cc(C2(C(=O)O)CCCC2)c(O)cc1Cl. The lowest BCUT2D eigenvalue weighted by Gasteiger charge is -2.25. The summed E-state index contributed by atoms with van der Waals surface area (Å²) in [5, 5.41) is 19.7. The van der Waals surface area contributed by atoms with E-state index >= 15 is 0 Å². The lowest BCUT2D eigenvalue weighted by molar-refractivity contribution is -0.143. The van der Waals surface area contributed by atoms with Crippen LogP contribution in [0.15, 0.2) is 12.1 Å². The fraction of sp³-hybridized carbons (Fsp3) is 0.462. The van der Waals surface area contributed by atoms with Crippen LogP contribution in [0, 0.1) is 0 Å². The summed E-state index contributed by atoms with van der Waals surface area (Å²) in [5.74, 6) is -0.596. The standard InChI is InChI=1S/C13H15ClO4/c1-18-11-6-8(10(15)7-9(11)14)13(12(16)17)4-2-3-5-13/h6-7,15H,2-5H2,1H3,(H,16,17). The van der Waals surface area contributed by atoms with Crippen molar-refractivity contribution in [3.63, 3.8) is 0 Å². The van der Waals surface area contributed by atoms with Crippen LogP contribution in [0.5, 0.6) is 11.5 Å². The second-order valence-electron chi connectivity index (χ2n) is 4.60. The molecule has 4 nitrogen and oxygen atoms in total. The number of rotatable bonds is 3. The molecule has 2 N–H and O–H groups in total. The molecule has 18 heavy (non-hydrogen) atoms. The molecule has 1 aliphatic rings. The molecule has 0 bridgehead atoms. The number of carboxylic acids is 1. The maximum atomic E-state index is 11.6. The van der Waals surface area contributed by atoms with Crippen LogP contribution in [0.2, 0.25) is 5.02 Å². The van der Waals surface area contributed by atoms with Gasteiger partial charge in [-0.25, -0.2) is 0 Å². The molecule has 0 atom stereocenters. The van der Waals surface area contributed by atoms with Crippen molar-refractivity contribution in [1.29, 1.82) is 0 Å². The molecular weight excluding hydrogens is 256 g/mol. The molecule has 1 aliphatic carbocycles. The van der Waals surface area contributed by atoms with Gasteiger partial charge in [0, 0.05) is 11.6 Å². The number of hydrogen-bond donors (Lipinski definition) is 2. The molecule has 1 aromatic rings. The van der Waals surface area contributed by atoms with Crippen LogP contribution in [-0.4, -0.2) is 23.3 Å². The first-order chi connectivity index (χ1) is 8.51. The van der Waals surface area contributed by atoms with Gasteiger partial charge in [-0.15, -0.1) is 0 Å². The Balaban J connectivity index is 2.58. The molecule has 1 fully saturated rings. The second-order valence-corrected chi connectivity index (χ2v) is 5.01. The zero-order chi connectivity index (χ0) is 13.3. The minimum Gasteiger partial charge on any atom is -0.508 e. The summed E-state index contributed by atoms with van der Waals surface area (Å²) in [6.45, 7) is 0. The van der Waals surface area contributed by atoms with Crippen molar-refractivity contribution in [2.75, 3.05) is 7.11 Å². The Morgan fingerprint density at radius 2 is 2.00 bits per heavy atom. The number of carboxylic acid groups (broad SMARTS) is 1. The van der Waals surface area contributed by atoms with Gasteiger partial charge in [-0.3, -0.25) is 4.79 Å². The molecule has 0 saturated heterocycles. The number of halogens is 1. The molecule has 0 amide bonds. The number of ether oxygens (including phenoxy) is 1. The number of methoxy groups -OCH3 is 1. The summed E-state index contributed by atoms with van der Waals surface area (Å²) >= 11 is 5.90. The number of phenols is 1. The Hall–Kier alpha value is -1.42. The summed E-state index contributed by atoms with van der Waals surface area (Å²) < 4.78 is 5.09. The van der Waals surface area contributed by atoms with Gasteiger partial charge in [0.15, 0.2) is 0 Å². The van der Waals surface area contributed by atoms with Crippen molar-refractivity contribution in [1.82, 2.24) is 0 Å². The highest BCUT2D eigenvalue weighted by molar-refractivity contribution is 6.32. The molecule has 2 rings (SSSR count). The lowest BCUT2D eigenvalue weighted by atomic mass is 9.78. The summed E-state index contributed by atoms with van der Waals surface area (Å²) in [5.41, 5.74) is -0.615. The van der Waals surface area contributed by atoms with E-state index in [1.165, 1.54) is 19.2 Å². The van der Waals surface area contributed by atoms with Crippen molar-refractivity contribution in [3.8, 4) is 11.5 Å². The minimum absolute atomic E-state index is 0.0786. The van der Waals surface area contributed by atoms with E-state index in [-0.39, 0.29) is 10.8 Å². The van der Waals surface area contributed by atoms with Crippen LogP contribution in [0.3, 0.4) is 0 Å². The molecule has 5 heteroatoms. The molecule has 0 spiro atoms. The molecule has 0 heterocycles. The first kappa shape index (κ1) is 13.0. The fourth-order valence-electron chi connectivity index (χ4n) is 2.66. The van der Waals surface area contributed by atoms with Gasteiger partial charge in [-0.2, -0.15) is 0 Å².